The highest BCUT2D eigenvalue weighted by Gasteiger charge is 2.18. The van der Waals surface area contributed by atoms with Crippen LogP contribution < -0.4 is 0 Å². The highest BCUT2D eigenvalue weighted by atomic mass is 35.5. The lowest BCUT2D eigenvalue weighted by Gasteiger charge is -2.21. The van der Waals surface area contributed by atoms with E-state index in [2.05, 4.69) is 55.1 Å². The third-order valence-electron chi connectivity index (χ3n) is 5.66. The Labute approximate surface area is 224 Å². The van der Waals surface area contributed by atoms with Crippen LogP contribution in [0.5, 0.6) is 0 Å². The second-order valence-corrected chi connectivity index (χ2v) is 10.3. The van der Waals surface area contributed by atoms with E-state index in [1.54, 1.807) is 0 Å². The number of nitrogens with zero attached hydrogens (tertiary/aromatic N) is 1. The minimum atomic E-state index is -0.816. The molecule has 0 aliphatic carbocycles. The summed E-state index contributed by atoms with van der Waals surface area (Å²) in [6.45, 7) is 5.09. The molecule has 0 atom stereocenters. The zero-order chi connectivity index (χ0) is 26.1. The van der Waals surface area contributed by atoms with Gasteiger partial charge in [-0.2, -0.15) is 0 Å². The van der Waals surface area contributed by atoms with Crippen LogP contribution in [0.3, 0.4) is 0 Å². The molecule has 0 fully saturated rings. The van der Waals surface area contributed by atoms with Crippen LogP contribution >= 0.6 is 24.2 Å². The van der Waals surface area contributed by atoms with Gasteiger partial charge in [-0.3, -0.25) is 4.79 Å². The molecule has 1 heterocycles. The van der Waals surface area contributed by atoms with Crippen molar-refractivity contribution in [2.45, 2.75) is 45.6 Å². The zero-order valence-corrected chi connectivity index (χ0v) is 22.6. The Morgan fingerprint density at radius 1 is 0.972 bits per heavy atom. The van der Waals surface area contributed by atoms with Crippen molar-refractivity contribution in [3.05, 3.63) is 112 Å². The number of halogens is 1. The maximum absolute atomic E-state index is 10.4. The van der Waals surface area contributed by atoms with Gasteiger partial charge >= 0.3 is 0 Å². The number of aromatic nitrogens is 1. The lowest BCUT2D eigenvalue weighted by Crippen LogP contribution is -2.18. The predicted molar refractivity (Wildman–Crippen MR) is 156 cm³/mol. The monoisotopic (exact) mass is 517 g/mol. The Hall–Kier alpha value is -2.92. The number of hydrogen-bond acceptors (Lipinski definition) is 3. The summed E-state index contributed by atoms with van der Waals surface area (Å²) < 4.78 is 0. The molecule has 0 aliphatic rings. The van der Waals surface area contributed by atoms with E-state index in [1.165, 1.54) is 18.1 Å². The minimum absolute atomic E-state index is 0.139. The maximum Gasteiger partial charge on any atom is 0.182 e. The molecular weight excluding hydrogens is 486 g/mol. The van der Waals surface area contributed by atoms with Gasteiger partial charge in [0.1, 0.15) is 0 Å². The number of fused-ring (bicyclic) bond motifs is 1. The van der Waals surface area contributed by atoms with E-state index in [1.807, 2.05) is 62.4 Å². The number of thiol groups is 1. The van der Waals surface area contributed by atoms with E-state index in [0.29, 0.717) is 5.02 Å². The second kappa shape index (κ2) is 12.9. The van der Waals surface area contributed by atoms with E-state index in [9.17, 15) is 9.90 Å². The van der Waals surface area contributed by atoms with Crippen molar-refractivity contribution in [3.63, 3.8) is 0 Å². The topological polar surface area (TPSA) is 50.2 Å². The molecule has 0 bridgehead atoms. The number of pyridine rings is 1. The summed E-state index contributed by atoms with van der Waals surface area (Å²) >= 11 is 9.43. The molecule has 4 rings (SSSR count). The third kappa shape index (κ3) is 8.63. The summed E-state index contributed by atoms with van der Waals surface area (Å²) in [6.07, 6.45) is 7.12. The third-order valence-corrected chi connectivity index (χ3v) is 5.90. The van der Waals surface area contributed by atoms with E-state index in [0.717, 1.165) is 47.0 Å². The summed E-state index contributed by atoms with van der Waals surface area (Å²) in [4.78, 5) is 14.0. The van der Waals surface area contributed by atoms with Crippen molar-refractivity contribution in [3.8, 4) is 0 Å². The average molecular weight is 518 g/mol. The highest BCUT2D eigenvalue weighted by Crippen LogP contribution is 2.25. The quantitative estimate of drug-likeness (QED) is 0.245. The van der Waals surface area contributed by atoms with Crippen molar-refractivity contribution in [1.29, 1.82) is 0 Å². The first-order valence-electron chi connectivity index (χ1n) is 12.0. The Morgan fingerprint density at radius 2 is 1.69 bits per heavy atom. The molecular formula is C31H32ClNO2S. The van der Waals surface area contributed by atoms with Crippen LogP contribution in [-0.2, 0) is 23.2 Å². The summed E-state index contributed by atoms with van der Waals surface area (Å²) in [5.74, 6) is 0. The Balaban J connectivity index is 0.000000840. The van der Waals surface area contributed by atoms with Gasteiger partial charge in [0.15, 0.2) is 5.12 Å². The van der Waals surface area contributed by atoms with Crippen LogP contribution in [0.15, 0.2) is 78.9 Å². The van der Waals surface area contributed by atoms with Gasteiger partial charge in [-0.05, 0) is 79.6 Å². The van der Waals surface area contributed by atoms with Crippen molar-refractivity contribution in [1.82, 2.24) is 4.98 Å². The lowest BCUT2D eigenvalue weighted by molar-refractivity contribution is -0.108. The van der Waals surface area contributed by atoms with Gasteiger partial charge in [-0.25, -0.2) is 4.98 Å². The summed E-state index contributed by atoms with van der Waals surface area (Å²) in [6, 6.07) is 26.7. The molecule has 0 unspecified atom stereocenters. The molecule has 3 aromatic carbocycles. The fourth-order valence-corrected chi connectivity index (χ4v) is 4.22. The van der Waals surface area contributed by atoms with Gasteiger partial charge < -0.3 is 5.11 Å². The van der Waals surface area contributed by atoms with Crippen LogP contribution in [0.25, 0.3) is 23.1 Å². The molecule has 1 N–H and O–H groups in total. The van der Waals surface area contributed by atoms with Gasteiger partial charge in [-0.15, -0.1) is 12.6 Å². The van der Waals surface area contributed by atoms with Gasteiger partial charge in [-0.1, -0.05) is 78.3 Å². The van der Waals surface area contributed by atoms with Gasteiger partial charge in [0.2, 0.25) is 0 Å². The Kier molecular flexibility index (Phi) is 9.89. The molecule has 0 saturated heterocycles. The number of benzene rings is 3. The molecule has 0 aliphatic heterocycles. The molecule has 0 amide bonds. The van der Waals surface area contributed by atoms with E-state index < -0.39 is 5.60 Å². The number of carbonyl (C=O) groups excluding carboxylic acids is 1. The van der Waals surface area contributed by atoms with Crippen molar-refractivity contribution in [2.75, 3.05) is 0 Å². The van der Waals surface area contributed by atoms with E-state index in [4.69, 9.17) is 16.6 Å². The summed E-state index contributed by atoms with van der Waals surface area (Å²) in [5, 5.41) is 12.1. The standard InChI is InChI=1S/C29H28ClNO.C2H4OS/c1-29(2,32)27-12-4-3-10-23(27)11-6-9-21-7-5-8-22(19-21)13-17-26-18-15-24-14-16-25(30)20-28(24)31-26;1-2(3)4/h3-5,7-8,10,12-20,32H,6,9,11H2,1-2H3;1H3,(H,3,4)/b17-13+;. The van der Waals surface area contributed by atoms with Crippen LogP contribution in [0.4, 0.5) is 0 Å². The van der Waals surface area contributed by atoms with Crippen molar-refractivity contribution >= 4 is 52.4 Å². The van der Waals surface area contributed by atoms with E-state index >= 15 is 0 Å². The molecule has 0 saturated carbocycles. The number of hydrogen-bond donors (Lipinski definition) is 2. The summed E-state index contributed by atoms with van der Waals surface area (Å²) in [7, 11) is 0. The predicted octanol–water partition coefficient (Wildman–Crippen LogP) is 7.92. The fourth-order valence-electron chi connectivity index (χ4n) is 4.05. The first-order valence-corrected chi connectivity index (χ1v) is 12.8. The molecule has 4 aromatic rings. The van der Waals surface area contributed by atoms with Gasteiger partial charge in [0, 0.05) is 17.3 Å². The maximum atomic E-state index is 10.4. The first kappa shape index (κ1) is 27.7. The molecule has 5 heteroatoms. The second-order valence-electron chi connectivity index (χ2n) is 9.24. The van der Waals surface area contributed by atoms with Crippen molar-refractivity contribution < 1.29 is 9.90 Å². The van der Waals surface area contributed by atoms with Gasteiger partial charge in [0.25, 0.3) is 0 Å². The van der Waals surface area contributed by atoms with Gasteiger partial charge in [0.05, 0.1) is 16.8 Å². The normalized spacial score (nSPS) is 11.4. The SMILES string of the molecule is CC(=O)S.CC(C)(O)c1ccccc1CCCc1cccc(/C=C/c2ccc3ccc(Cl)cc3n2)c1. The number of rotatable bonds is 7. The molecule has 0 spiro atoms. The van der Waals surface area contributed by atoms with E-state index in [-0.39, 0.29) is 5.12 Å². The Bertz CT molecular complexity index is 1350. The molecule has 186 valence electrons. The smallest absolute Gasteiger partial charge is 0.182 e. The van der Waals surface area contributed by atoms with Crippen LogP contribution in [-0.4, -0.2) is 15.2 Å². The van der Waals surface area contributed by atoms with Crippen molar-refractivity contribution in [2.24, 2.45) is 0 Å². The number of aliphatic hydroxyl groups is 1. The molecule has 0 radical (unpaired) electrons. The minimum Gasteiger partial charge on any atom is -0.386 e. The first-order chi connectivity index (χ1) is 17.1. The number of aryl methyl sites for hydroxylation is 2. The average Bonchev–Trinajstić information content (AvgIpc) is 2.82. The molecule has 36 heavy (non-hydrogen) atoms. The van der Waals surface area contributed by atoms with Crippen LogP contribution in [0, 0.1) is 0 Å². The lowest BCUT2D eigenvalue weighted by atomic mass is 9.90. The fraction of sp³-hybridized carbons (Fsp3) is 0.226. The summed E-state index contributed by atoms with van der Waals surface area (Å²) in [5.41, 5.74) is 5.70. The Morgan fingerprint density at radius 3 is 2.44 bits per heavy atom. The zero-order valence-electron chi connectivity index (χ0n) is 20.9. The molecule has 3 nitrogen and oxygen atoms in total. The number of carbonyl (C=O) groups is 1. The highest BCUT2D eigenvalue weighted by molar-refractivity contribution is 7.96. The van der Waals surface area contributed by atoms with Crippen LogP contribution in [0.2, 0.25) is 5.02 Å². The van der Waals surface area contributed by atoms with Crippen LogP contribution in [0.1, 0.15) is 55.1 Å². The largest absolute Gasteiger partial charge is 0.386 e. The molecule has 1 aromatic heterocycles.